The lowest BCUT2D eigenvalue weighted by Crippen LogP contribution is -2.42. The summed E-state index contributed by atoms with van der Waals surface area (Å²) >= 11 is 9.38. The second kappa shape index (κ2) is 9.53. The predicted molar refractivity (Wildman–Crippen MR) is 122 cm³/mol. The molecule has 1 amide bonds. The molecule has 2 saturated heterocycles. The quantitative estimate of drug-likeness (QED) is 0.380. The maximum atomic E-state index is 13.0. The summed E-state index contributed by atoms with van der Waals surface area (Å²) in [6, 6.07) is 13.3. The van der Waals surface area contributed by atoms with E-state index in [4.69, 9.17) is 16.3 Å². The molecule has 4 rings (SSSR count). The summed E-state index contributed by atoms with van der Waals surface area (Å²) in [6.07, 6.45) is 0. The molecule has 0 radical (unpaired) electrons. The number of hydrogen-bond donors (Lipinski definition) is 1. The van der Waals surface area contributed by atoms with Crippen LogP contribution in [0.3, 0.4) is 0 Å². The number of likely N-dealkylation sites (tertiary alicyclic amines) is 1. The van der Waals surface area contributed by atoms with Gasteiger partial charge >= 0.3 is 0 Å². The van der Waals surface area contributed by atoms with E-state index in [1.807, 2.05) is 24.3 Å². The van der Waals surface area contributed by atoms with Crippen molar-refractivity contribution >= 4 is 45.0 Å². The van der Waals surface area contributed by atoms with Gasteiger partial charge in [0.2, 0.25) is 0 Å². The van der Waals surface area contributed by atoms with Crippen molar-refractivity contribution in [3.05, 3.63) is 74.7 Å². The average molecular weight is 506 g/mol. The van der Waals surface area contributed by atoms with Gasteiger partial charge in [0.1, 0.15) is 5.76 Å². The van der Waals surface area contributed by atoms with Crippen molar-refractivity contribution in [2.24, 2.45) is 0 Å². The molecule has 2 aromatic carbocycles. The third kappa shape index (κ3) is 4.70. The van der Waals surface area contributed by atoms with Crippen molar-refractivity contribution in [1.29, 1.82) is 0 Å². The first-order valence-electron chi connectivity index (χ1n) is 10.1. The summed E-state index contributed by atoms with van der Waals surface area (Å²) < 4.78 is 6.27. The average Bonchev–Trinajstić information content (AvgIpc) is 3.04. The van der Waals surface area contributed by atoms with Crippen LogP contribution in [0.2, 0.25) is 5.02 Å². The van der Waals surface area contributed by atoms with Gasteiger partial charge in [0.25, 0.3) is 11.7 Å². The SMILES string of the molecule is O=C1C(=O)N(CCN2CCOCC2)[C@@H](c2ccc(Br)cc2)/C1=C(\O)c1ccc(Cl)cc1. The van der Waals surface area contributed by atoms with Gasteiger partial charge in [-0.25, -0.2) is 0 Å². The highest BCUT2D eigenvalue weighted by Gasteiger charge is 2.46. The molecule has 2 heterocycles. The fourth-order valence-corrected chi connectivity index (χ4v) is 4.33. The highest BCUT2D eigenvalue weighted by molar-refractivity contribution is 9.10. The van der Waals surface area contributed by atoms with Gasteiger partial charge in [0.05, 0.1) is 24.8 Å². The topological polar surface area (TPSA) is 70.1 Å². The van der Waals surface area contributed by atoms with E-state index in [-0.39, 0.29) is 11.3 Å². The van der Waals surface area contributed by atoms with Crippen molar-refractivity contribution < 1.29 is 19.4 Å². The fourth-order valence-electron chi connectivity index (χ4n) is 3.94. The zero-order valence-electron chi connectivity index (χ0n) is 16.8. The lowest BCUT2D eigenvalue weighted by atomic mass is 9.95. The number of morpholine rings is 1. The molecule has 1 atom stereocenters. The van der Waals surface area contributed by atoms with E-state index in [1.165, 1.54) is 0 Å². The minimum absolute atomic E-state index is 0.0941. The molecule has 1 N–H and O–H groups in total. The molecule has 0 saturated carbocycles. The smallest absolute Gasteiger partial charge is 0.295 e. The van der Waals surface area contributed by atoms with E-state index < -0.39 is 17.7 Å². The van der Waals surface area contributed by atoms with Crippen LogP contribution in [0.25, 0.3) is 5.76 Å². The number of carbonyl (C=O) groups is 2. The van der Waals surface area contributed by atoms with Gasteiger partial charge in [0, 0.05) is 41.2 Å². The number of hydrogen-bond acceptors (Lipinski definition) is 5. The highest BCUT2D eigenvalue weighted by atomic mass is 79.9. The minimum atomic E-state index is -0.678. The third-order valence-electron chi connectivity index (χ3n) is 5.60. The molecule has 2 aliphatic rings. The van der Waals surface area contributed by atoms with Crippen LogP contribution in [0, 0.1) is 0 Å². The molecule has 0 aliphatic carbocycles. The maximum Gasteiger partial charge on any atom is 0.295 e. The monoisotopic (exact) mass is 504 g/mol. The highest BCUT2D eigenvalue weighted by Crippen LogP contribution is 2.39. The Morgan fingerprint density at radius 1 is 1.03 bits per heavy atom. The Labute approximate surface area is 194 Å². The van der Waals surface area contributed by atoms with Crippen LogP contribution >= 0.6 is 27.5 Å². The molecular formula is C23H22BrClN2O4. The second-order valence-electron chi connectivity index (χ2n) is 7.50. The molecule has 0 spiro atoms. The summed E-state index contributed by atoms with van der Waals surface area (Å²) in [5.41, 5.74) is 1.30. The number of halogens is 2. The Bertz CT molecular complexity index is 1000. The summed E-state index contributed by atoms with van der Waals surface area (Å²) in [4.78, 5) is 29.8. The van der Waals surface area contributed by atoms with Gasteiger partial charge in [-0.15, -0.1) is 0 Å². The Morgan fingerprint density at radius 2 is 1.68 bits per heavy atom. The number of benzene rings is 2. The molecule has 31 heavy (non-hydrogen) atoms. The zero-order chi connectivity index (χ0) is 22.0. The number of rotatable bonds is 5. The number of aliphatic hydroxyl groups is 1. The van der Waals surface area contributed by atoms with Crippen molar-refractivity contribution in [3.8, 4) is 0 Å². The normalized spacial score (nSPS) is 21.6. The molecule has 0 bridgehead atoms. The van der Waals surface area contributed by atoms with Gasteiger partial charge in [-0.05, 0) is 42.0 Å². The first kappa shape index (κ1) is 22.0. The fraction of sp³-hybridized carbons (Fsp3) is 0.304. The Hall–Kier alpha value is -2.19. The number of ether oxygens (including phenoxy) is 1. The number of carbonyl (C=O) groups excluding carboxylic acids is 2. The van der Waals surface area contributed by atoms with E-state index >= 15 is 0 Å². The molecule has 2 fully saturated rings. The van der Waals surface area contributed by atoms with Crippen molar-refractivity contribution in [1.82, 2.24) is 9.80 Å². The lowest BCUT2D eigenvalue weighted by Gasteiger charge is -2.31. The van der Waals surface area contributed by atoms with E-state index in [2.05, 4.69) is 20.8 Å². The van der Waals surface area contributed by atoms with Crippen molar-refractivity contribution in [2.75, 3.05) is 39.4 Å². The Balaban J connectivity index is 1.72. The van der Waals surface area contributed by atoms with E-state index in [9.17, 15) is 14.7 Å². The van der Waals surface area contributed by atoms with Gasteiger partial charge in [0.15, 0.2) is 0 Å². The number of ketones is 1. The molecule has 2 aliphatic heterocycles. The lowest BCUT2D eigenvalue weighted by molar-refractivity contribution is -0.140. The van der Waals surface area contributed by atoms with Gasteiger partial charge in [-0.3, -0.25) is 14.5 Å². The zero-order valence-corrected chi connectivity index (χ0v) is 19.1. The maximum absolute atomic E-state index is 13.0. The number of aliphatic hydroxyl groups excluding tert-OH is 1. The first-order chi connectivity index (χ1) is 15.0. The van der Waals surface area contributed by atoms with Gasteiger partial charge in [-0.2, -0.15) is 0 Å². The molecule has 0 unspecified atom stereocenters. The largest absolute Gasteiger partial charge is 0.507 e. The molecule has 162 valence electrons. The Morgan fingerprint density at radius 3 is 2.32 bits per heavy atom. The molecule has 8 heteroatoms. The molecule has 2 aromatic rings. The molecule has 0 aromatic heterocycles. The van der Waals surface area contributed by atoms with Crippen LogP contribution < -0.4 is 0 Å². The summed E-state index contributed by atoms with van der Waals surface area (Å²) in [6.45, 7) is 3.90. The van der Waals surface area contributed by atoms with Crippen LogP contribution in [0.15, 0.2) is 58.6 Å². The third-order valence-corrected chi connectivity index (χ3v) is 6.38. The number of nitrogens with zero attached hydrogens (tertiary/aromatic N) is 2. The van der Waals surface area contributed by atoms with Crippen LogP contribution in [0.5, 0.6) is 0 Å². The standard InChI is InChI=1S/C23H22BrClN2O4/c24-17-5-1-15(2-6-17)20-19(21(28)16-3-7-18(25)8-4-16)22(29)23(30)27(20)10-9-26-11-13-31-14-12-26/h1-8,20,28H,9-14H2/b21-19+/t20-/m0/s1. The summed E-state index contributed by atoms with van der Waals surface area (Å²) in [5.74, 6) is -1.48. The van der Waals surface area contributed by atoms with Gasteiger partial charge in [-0.1, -0.05) is 39.7 Å². The summed E-state index contributed by atoms with van der Waals surface area (Å²) in [5, 5.41) is 11.5. The van der Waals surface area contributed by atoms with Crippen molar-refractivity contribution in [2.45, 2.75) is 6.04 Å². The predicted octanol–water partition coefficient (Wildman–Crippen LogP) is 3.86. The van der Waals surface area contributed by atoms with Crippen LogP contribution in [0.1, 0.15) is 17.2 Å². The minimum Gasteiger partial charge on any atom is -0.507 e. The van der Waals surface area contributed by atoms with E-state index in [0.717, 1.165) is 23.1 Å². The molecular weight excluding hydrogens is 484 g/mol. The first-order valence-corrected chi connectivity index (χ1v) is 11.2. The van der Waals surface area contributed by atoms with Crippen LogP contribution in [0.4, 0.5) is 0 Å². The van der Waals surface area contributed by atoms with Crippen molar-refractivity contribution in [3.63, 3.8) is 0 Å². The van der Waals surface area contributed by atoms with Crippen LogP contribution in [-0.2, 0) is 14.3 Å². The van der Waals surface area contributed by atoms with Crippen LogP contribution in [-0.4, -0.2) is 66.0 Å². The van der Waals surface area contributed by atoms with E-state index in [1.54, 1.807) is 29.2 Å². The summed E-state index contributed by atoms with van der Waals surface area (Å²) in [7, 11) is 0. The van der Waals surface area contributed by atoms with Gasteiger partial charge < -0.3 is 14.7 Å². The Kier molecular flexibility index (Phi) is 6.77. The van der Waals surface area contributed by atoms with E-state index in [0.29, 0.717) is 36.9 Å². The number of amides is 1. The second-order valence-corrected chi connectivity index (χ2v) is 8.86. The molecule has 6 nitrogen and oxygen atoms in total. The number of Topliss-reactive ketones (excluding diaryl/α,β-unsaturated/α-hetero) is 1.